The summed E-state index contributed by atoms with van der Waals surface area (Å²) in [5, 5.41) is 9.87. The van der Waals surface area contributed by atoms with Crippen molar-refractivity contribution < 1.29 is 28.2 Å². The van der Waals surface area contributed by atoms with Gasteiger partial charge in [0.25, 0.3) is 0 Å². The molecule has 0 amide bonds. The van der Waals surface area contributed by atoms with Crippen LogP contribution >= 0.6 is 0 Å². The molecule has 1 aliphatic carbocycles. The van der Waals surface area contributed by atoms with Crippen LogP contribution in [0.25, 0.3) is 10.9 Å². The lowest BCUT2D eigenvalue weighted by atomic mass is 9.84. The normalized spacial score (nSPS) is 15.8. The molecule has 1 atom stereocenters. The maximum Gasteiger partial charge on any atom is 0.337 e. The molecule has 1 N–H and O–H groups in total. The number of carbonyl (C=O) groups is 2. The zero-order chi connectivity index (χ0) is 21.4. The molecular formula is C23H21F2NO4. The SMILES string of the molecule is COC(=O)c1ccc(Cn2c3c(c4cc(F)cc(F)c42)CCCC3CC(=O)O)cc1. The maximum atomic E-state index is 14.9. The van der Waals surface area contributed by atoms with E-state index in [-0.39, 0.29) is 24.4 Å². The summed E-state index contributed by atoms with van der Waals surface area (Å²) in [5.74, 6) is -2.95. The molecule has 5 nitrogen and oxygen atoms in total. The van der Waals surface area contributed by atoms with E-state index in [4.69, 9.17) is 4.74 Å². The van der Waals surface area contributed by atoms with Gasteiger partial charge in [0.1, 0.15) is 11.6 Å². The zero-order valence-corrected chi connectivity index (χ0v) is 16.5. The Morgan fingerprint density at radius 2 is 1.93 bits per heavy atom. The van der Waals surface area contributed by atoms with Crippen molar-refractivity contribution in [3.63, 3.8) is 0 Å². The predicted octanol–water partition coefficient (Wildman–Crippen LogP) is 4.65. The Kier molecular flexibility index (Phi) is 5.28. The van der Waals surface area contributed by atoms with Crippen LogP contribution in [0.15, 0.2) is 36.4 Å². The third kappa shape index (κ3) is 3.56. The zero-order valence-electron chi connectivity index (χ0n) is 16.5. The van der Waals surface area contributed by atoms with Crippen LogP contribution in [0.4, 0.5) is 8.78 Å². The topological polar surface area (TPSA) is 68.5 Å². The van der Waals surface area contributed by atoms with Crippen LogP contribution in [0.5, 0.6) is 0 Å². The van der Waals surface area contributed by atoms with Crippen molar-refractivity contribution in [2.45, 2.75) is 38.1 Å². The van der Waals surface area contributed by atoms with Gasteiger partial charge in [0, 0.05) is 29.6 Å². The number of nitrogens with zero attached hydrogens (tertiary/aromatic N) is 1. The third-order valence-corrected chi connectivity index (χ3v) is 5.73. The molecule has 0 saturated heterocycles. The highest BCUT2D eigenvalue weighted by atomic mass is 19.1. The minimum Gasteiger partial charge on any atom is -0.481 e. The van der Waals surface area contributed by atoms with Gasteiger partial charge in [0.2, 0.25) is 0 Å². The third-order valence-electron chi connectivity index (χ3n) is 5.73. The van der Waals surface area contributed by atoms with Crippen molar-refractivity contribution in [3.05, 3.63) is 70.4 Å². The smallest absolute Gasteiger partial charge is 0.337 e. The van der Waals surface area contributed by atoms with Crippen LogP contribution < -0.4 is 0 Å². The Balaban J connectivity index is 1.85. The first-order valence-electron chi connectivity index (χ1n) is 9.78. The lowest BCUT2D eigenvalue weighted by Crippen LogP contribution is -2.17. The number of hydrogen-bond donors (Lipinski definition) is 1. The van der Waals surface area contributed by atoms with Crippen molar-refractivity contribution in [2.24, 2.45) is 0 Å². The van der Waals surface area contributed by atoms with Gasteiger partial charge in [0.05, 0.1) is 24.6 Å². The molecule has 1 aromatic heterocycles. The number of rotatable bonds is 5. The van der Waals surface area contributed by atoms with Gasteiger partial charge in [-0.05, 0) is 48.6 Å². The quantitative estimate of drug-likeness (QED) is 0.619. The second-order valence-electron chi connectivity index (χ2n) is 7.61. The fraction of sp³-hybridized carbons (Fsp3) is 0.304. The van der Waals surface area contributed by atoms with E-state index in [1.54, 1.807) is 28.8 Å². The number of carbonyl (C=O) groups excluding carboxylic acids is 1. The average Bonchev–Trinajstić information content (AvgIpc) is 3.02. The first-order valence-corrected chi connectivity index (χ1v) is 9.78. The highest BCUT2D eigenvalue weighted by Crippen LogP contribution is 2.41. The molecule has 4 rings (SSSR count). The number of hydrogen-bond acceptors (Lipinski definition) is 3. The lowest BCUT2D eigenvalue weighted by Gasteiger charge is -2.24. The number of esters is 1. The molecule has 2 aromatic carbocycles. The molecule has 1 aliphatic rings. The van der Waals surface area contributed by atoms with Gasteiger partial charge in [-0.2, -0.15) is 0 Å². The largest absolute Gasteiger partial charge is 0.481 e. The van der Waals surface area contributed by atoms with Crippen molar-refractivity contribution in [2.75, 3.05) is 7.11 Å². The molecule has 156 valence electrons. The number of aromatic nitrogens is 1. The van der Waals surface area contributed by atoms with Crippen LogP contribution in [0, 0.1) is 11.6 Å². The molecule has 0 saturated carbocycles. The summed E-state index contributed by atoms with van der Waals surface area (Å²) in [6.45, 7) is 0.284. The highest BCUT2D eigenvalue weighted by molar-refractivity contribution is 5.89. The first kappa shape index (κ1) is 20.1. The molecule has 0 radical (unpaired) electrons. The molecule has 0 aliphatic heterocycles. The monoisotopic (exact) mass is 413 g/mol. The van der Waals surface area contributed by atoms with Crippen molar-refractivity contribution >= 4 is 22.8 Å². The van der Waals surface area contributed by atoms with Crippen molar-refractivity contribution in [1.29, 1.82) is 0 Å². The Bertz CT molecular complexity index is 1130. The van der Waals surface area contributed by atoms with Crippen LogP contribution in [0.1, 0.15) is 52.4 Å². The summed E-state index contributed by atoms with van der Waals surface area (Å²) in [5.41, 5.74) is 3.09. The van der Waals surface area contributed by atoms with Gasteiger partial charge in [-0.1, -0.05) is 12.1 Å². The van der Waals surface area contributed by atoms with Gasteiger partial charge < -0.3 is 14.4 Å². The summed E-state index contributed by atoms with van der Waals surface area (Å²) in [7, 11) is 1.30. The van der Waals surface area contributed by atoms with Crippen molar-refractivity contribution in [1.82, 2.24) is 4.57 Å². The minimum absolute atomic E-state index is 0.0608. The number of carboxylic acid groups (broad SMARTS) is 1. The number of ether oxygens (including phenoxy) is 1. The van der Waals surface area contributed by atoms with Gasteiger partial charge in [-0.3, -0.25) is 4.79 Å². The molecule has 1 heterocycles. The molecular weight excluding hydrogens is 392 g/mol. The Morgan fingerprint density at radius 3 is 2.60 bits per heavy atom. The van der Waals surface area contributed by atoms with Gasteiger partial charge in [0.15, 0.2) is 0 Å². The average molecular weight is 413 g/mol. The van der Waals surface area contributed by atoms with E-state index in [0.29, 0.717) is 23.8 Å². The van der Waals surface area contributed by atoms with Crippen LogP contribution in [-0.4, -0.2) is 28.7 Å². The van der Waals surface area contributed by atoms with Gasteiger partial charge in [-0.25, -0.2) is 13.6 Å². The fourth-order valence-corrected chi connectivity index (χ4v) is 4.50. The van der Waals surface area contributed by atoms with Crippen LogP contribution in [-0.2, 0) is 22.5 Å². The number of aryl methyl sites for hydroxylation is 1. The van der Waals surface area contributed by atoms with Crippen molar-refractivity contribution in [3.8, 4) is 0 Å². The Morgan fingerprint density at radius 1 is 1.20 bits per heavy atom. The Hall–Kier alpha value is -3.22. The molecule has 0 fully saturated rings. The standard InChI is InChI=1S/C23H21F2NO4/c1-30-23(29)14-7-5-13(6-8-14)12-26-21-15(9-20(27)28)3-2-4-17(21)18-10-16(24)11-19(25)22(18)26/h5-8,10-11,15H,2-4,9,12H2,1H3,(H,27,28). The Labute approximate surface area is 171 Å². The summed E-state index contributed by atoms with van der Waals surface area (Å²) >= 11 is 0. The van der Waals surface area contributed by atoms with E-state index in [1.807, 2.05) is 0 Å². The second-order valence-corrected chi connectivity index (χ2v) is 7.61. The number of fused-ring (bicyclic) bond motifs is 3. The van der Waals surface area contributed by atoms with E-state index >= 15 is 0 Å². The van der Waals surface area contributed by atoms with E-state index in [2.05, 4.69) is 0 Å². The molecule has 7 heteroatoms. The second kappa shape index (κ2) is 7.89. The number of aliphatic carboxylic acids is 1. The minimum atomic E-state index is -0.918. The summed E-state index contributed by atoms with van der Waals surface area (Å²) in [6.07, 6.45) is 2.05. The van der Waals surface area contributed by atoms with E-state index < -0.39 is 23.6 Å². The van der Waals surface area contributed by atoms with E-state index in [1.165, 1.54) is 13.2 Å². The van der Waals surface area contributed by atoms with Gasteiger partial charge >= 0.3 is 11.9 Å². The number of methoxy groups -OCH3 is 1. The maximum absolute atomic E-state index is 14.9. The molecule has 1 unspecified atom stereocenters. The van der Waals surface area contributed by atoms with E-state index in [9.17, 15) is 23.5 Å². The summed E-state index contributed by atoms with van der Waals surface area (Å²) in [6, 6.07) is 8.95. The molecule has 0 spiro atoms. The highest BCUT2D eigenvalue weighted by Gasteiger charge is 2.30. The molecule has 3 aromatic rings. The van der Waals surface area contributed by atoms with E-state index in [0.717, 1.165) is 29.3 Å². The fourth-order valence-electron chi connectivity index (χ4n) is 4.50. The molecule has 0 bridgehead atoms. The molecule has 30 heavy (non-hydrogen) atoms. The number of benzene rings is 2. The summed E-state index contributed by atoms with van der Waals surface area (Å²) < 4.78 is 35.3. The first-order chi connectivity index (χ1) is 14.4. The number of carboxylic acids is 1. The van der Waals surface area contributed by atoms with Crippen LogP contribution in [0.2, 0.25) is 0 Å². The lowest BCUT2D eigenvalue weighted by molar-refractivity contribution is -0.137. The predicted molar refractivity (Wildman–Crippen MR) is 107 cm³/mol. The number of halogens is 2. The van der Waals surface area contributed by atoms with Gasteiger partial charge in [-0.15, -0.1) is 0 Å². The summed E-state index contributed by atoms with van der Waals surface area (Å²) in [4.78, 5) is 23.1. The van der Waals surface area contributed by atoms with Crippen LogP contribution in [0.3, 0.4) is 0 Å².